The molecule has 0 radical (unpaired) electrons. The van der Waals surface area contributed by atoms with Crippen LogP contribution in [0.4, 0.5) is 0 Å². The maximum absolute atomic E-state index is 12.9. The van der Waals surface area contributed by atoms with E-state index in [1.54, 1.807) is 12.1 Å². The van der Waals surface area contributed by atoms with E-state index in [1.807, 2.05) is 6.92 Å². The number of nitrogens with one attached hydrogen (secondary N) is 1. The molecule has 1 aliphatic heterocycles. The van der Waals surface area contributed by atoms with E-state index >= 15 is 0 Å². The number of thiol groups is 1. The van der Waals surface area contributed by atoms with E-state index in [2.05, 4.69) is 17.9 Å². The molecule has 29 heavy (non-hydrogen) atoms. The Morgan fingerprint density at radius 3 is 2.59 bits per heavy atom. The lowest BCUT2D eigenvalue weighted by atomic mass is 10.0. The summed E-state index contributed by atoms with van der Waals surface area (Å²) >= 11 is 4.37. The van der Waals surface area contributed by atoms with E-state index in [4.69, 9.17) is 4.74 Å². The van der Waals surface area contributed by atoms with Crippen molar-refractivity contribution in [1.29, 1.82) is 0 Å². The van der Waals surface area contributed by atoms with Crippen molar-refractivity contribution >= 4 is 34.5 Å². The molecule has 0 aromatic heterocycles. The van der Waals surface area contributed by atoms with Crippen LogP contribution in [0.1, 0.15) is 31.7 Å². The van der Waals surface area contributed by atoms with Crippen molar-refractivity contribution in [2.75, 3.05) is 19.4 Å². The van der Waals surface area contributed by atoms with Gasteiger partial charge in [-0.2, -0.15) is 16.9 Å². The number of esters is 1. The molecule has 8 nitrogen and oxygen atoms in total. The lowest BCUT2D eigenvalue weighted by Crippen LogP contribution is -2.52. The van der Waals surface area contributed by atoms with Crippen LogP contribution in [0, 0.1) is 0 Å². The molecule has 1 saturated heterocycles. The summed E-state index contributed by atoms with van der Waals surface area (Å²) in [7, 11) is -2.37. The summed E-state index contributed by atoms with van der Waals surface area (Å²) in [6.45, 7) is 2.06. The third-order valence-electron chi connectivity index (χ3n) is 4.83. The molecule has 10 heteroatoms. The van der Waals surface area contributed by atoms with Gasteiger partial charge in [-0.3, -0.25) is 4.79 Å². The number of sulfonamides is 1. The van der Waals surface area contributed by atoms with Crippen LogP contribution in [0.5, 0.6) is 5.75 Å². The molecule has 0 saturated carbocycles. The Morgan fingerprint density at radius 1 is 1.34 bits per heavy atom. The van der Waals surface area contributed by atoms with E-state index in [-0.39, 0.29) is 36.1 Å². The fourth-order valence-corrected chi connectivity index (χ4v) is 5.60. The second-order valence-corrected chi connectivity index (χ2v) is 9.87. The summed E-state index contributed by atoms with van der Waals surface area (Å²) in [6, 6.07) is 4.35. The number of rotatable bonds is 9. The minimum Gasteiger partial charge on any atom is -0.508 e. The van der Waals surface area contributed by atoms with Crippen LogP contribution in [0.15, 0.2) is 24.3 Å². The van der Waals surface area contributed by atoms with Gasteiger partial charge in [0.1, 0.15) is 17.8 Å². The van der Waals surface area contributed by atoms with Crippen molar-refractivity contribution in [1.82, 2.24) is 9.62 Å². The first kappa shape index (κ1) is 23.5. The molecule has 2 N–H and O–H groups in total. The van der Waals surface area contributed by atoms with Crippen LogP contribution < -0.4 is 5.32 Å². The minimum atomic E-state index is -3.59. The van der Waals surface area contributed by atoms with Gasteiger partial charge in [0.2, 0.25) is 15.9 Å². The molecule has 3 atom stereocenters. The number of aromatic hydroxyl groups is 1. The number of methoxy groups -OCH3 is 1. The van der Waals surface area contributed by atoms with Gasteiger partial charge in [-0.1, -0.05) is 25.5 Å². The van der Waals surface area contributed by atoms with Crippen molar-refractivity contribution in [2.24, 2.45) is 0 Å². The van der Waals surface area contributed by atoms with Crippen molar-refractivity contribution in [3.8, 4) is 5.75 Å². The average molecular weight is 445 g/mol. The molecule has 1 aromatic carbocycles. The maximum Gasteiger partial charge on any atom is 0.328 e. The Labute approximate surface area is 177 Å². The quantitative estimate of drug-likeness (QED) is 0.388. The molecule has 0 spiro atoms. The number of hydrogen-bond donors (Lipinski definition) is 3. The van der Waals surface area contributed by atoms with E-state index < -0.39 is 34.0 Å². The zero-order valence-corrected chi connectivity index (χ0v) is 18.3. The predicted molar refractivity (Wildman–Crippen MR) is 112 cm³/mol. The number of carbonyl (C=O) groups excluding carboxylic acids is 2. The smallest absolute Gasteiger partial charge is 0.328 e. The topological polar surface area (TPSA) is 113 Å². The van der Waals surface area contributed by atoms with Gasteiger partial charge in [-0.15, -0.1) is 0 Å². The molecule has 1 aromatic rings. The van der Waals surface area contributed by atoms with Gasteiger partial charge in [0.05, 0.1) is 12.9 Å². The van der Waals surface area contributed by atoms with Gasteiger partial charge in [0.15, 0.2) is 0 Å². The van der Waals surface area contributed by atoms with Crippen molar-refractivity contribution in [2.45, 2.75) is 49.9 Å². The number of hydrogen-bond acceptors (Lipinski definition) is 7. The fraction of sp³-hybridized carbons (Fsp3) is 0.579. The van der Waals surface area contributed by atoms with Gasteiger partial charge in [0.25, 0.3) is 0 Å². The van der Waals surface area contributed by atoms with Gasteiger partial charge in [-0.25, -0.2) is 13.2 Å². The Hall–Kier alpha value is -1.78. The highest BCUT2D eigenvalue weighted by molar-refractivity contribution is 7.89. The van der Waals surface area contributed by atoms with Crippen molar-refractivity contribution in [3.05, 3.63) is 29.8 Å². The number of nitrogens with zero attached hydrogens (tertiary/aromatic N) is 1. The molecular formula is C19H28N2O6S2. The molecule has 1 unspecified atom stereocenters. The standard InChI is InChI=1S/C19H28N2O6S2/c1-3-4-9-29(25,26)21-12-15(28)11-17(21)18(23)20-16(19(24)27-2)10-13-5-7-14(22)8-6-13/h5-8,15-17,22,28H,3-4,9-12H2,1-2H3,(H,20,23)/t15-,16?,17-/m0/s1. The second kappa shape index (κ2) is 10.3. The van der Waals surface area contributed by atoms with E-state index in [0.29, 0.717) is 12.0 Å². The average Bonchev–Trinajstić information content (AvgIpc) is 3.09. The lowest BCUT2D eigenvalue weighted by Gasteiger charge is -2.25. The first-order valence-electron chi connectivity index (χ1n) is 9.51. The first-order valence-corrected chi connectivity index (χ1v) is 11.6. The van der Waals surface area contributed by atoms with Crippen LogP contribution in [-0.2, 0) is 30.8 Å². The minimum absolute atomic E-state index is 0.0261. The first-order chi connectivity index (χ1) is 13.7. The summed E-state index contributed by atoms with van der Waals surface area (Å²) in [6.07, 6.45) is 1.66. The Morgan fingerprint density at radius 2 is 2.00 bits per heavy atom. The molecule has 0 aliphatic carbocycles. The number of phenols is 1. The van der Waals surface area contributed by atoms with E-state index in [1.165, 1.54) is 23.5 Å². The second-order valence-electron chi connectivity index (χ2n) is 7.10. The molecule has 1 fully saturated rings. The molecule has 1 amide bonds. The zero-order valence-electron chi connectivity index (χ0n) is 16.6. The highest BCUT2D eigenvalue weighted by atomic mass is 32.2. The molecular weight excluding hydrogens is 416 g/mol. The van der Waals surface area contributed by atoms with Gasteiger partial charge < -0.3 is 15.2 Å². The Bertz CT molecular complexity index is 812. The summed E-state index contributed by atoms with van der Waals surface area (Å²) in [5, 5.41) is 11.8. The Kier molecular flexibility index (Phi) is 8.35. The summed E-state index contributed by atoms with van der Waals surface area (Å²) in [5.41, 5.74) is 0.712. The SMILES string of the molecule is CCCCS(=O)(=O)N1C[C@@H](S)C[C@H]1C(=O)NC(Cc1ccc(O)cc1)C(=O)OC. The predicted octanol–water partition coefficient (Wildman–Crippen LogP) is 1.10. The van der Waals surface area contributed by atoms with Crippen LogP contribution >= 0.6 is 12.6 Å². The molecule has 1 aliphatic rings. The number of ether oxygens (including phenoxy) is 1. The summed E-state index contributed by atoms with van der Waals surface area (Å²) in [4.78, 5) is 25.1. The molecule has 0 bridgehead atoms. The van der Waals surface area contributed by atoms with Crippen LogP contribution in [-0.4, -0.2) is 66.4 Å². The monoisotopic (exact) mass is 444 g/mol. The van der Waals surface area contributed by atoms with Gasteiger partial charge in [0, 0.05) is 18.2 Å². The van der Waals surface area contributed by atoms with E-state index in [9.17, 15) is 23.1 Å². The highest BCUT2D eigenvalue weighted by Crippen LogP contribution is 2.26. The molecule has 2 rings (SSSR count). The third kappa shape index (κ3) is 6.35. The highest BCUT2D eigenvalue weighted by Gasteiger charge is 2.42. The number of phenolic OH excluding ortho intramolecular Hbond substituents is 1. The number of unbranched alkanes of at least 4 members (excludes halogenated alkanes) is 1. The number of amides is 1. The normalized spacial score (nSPS) is 20.9. The third-order valence-corrected chi connectivity index (χ3v) is 7.12. The van der Waals surface area contributed by atoms with Crippen LogP contribution in [0.25, 0.3) is 0 Å². The fourth-order valence-electron chi connectivity index (χ4n) is 3.25. The zero-order chi connectivity index (χ0) is 21.6. The van der Waals surface area contributed by atoms with Crippen LogP contribution in [0.3, 0.4) is 0 Å². The van der Waals surface area contributed by atoms with Gasteiger partial charge >= 0.3 is 5.97 Å². The van der Waals surface area contributed by atoms with E-state index in [0.717, 1.165) is 6.42 Å². The van der Waals surface area contributed by atoms with Gasteiger partial charge in [-0.05, 0) is 30.5 Å². The largest absolute Gasteiger partial charge is 0.508 e. The van der Waals surface area contributed by atoms with Crippen molar-refractivity contribution in [3.63, 3.8) is 0 Å². The molecule has 162 valence electrons. The van der Waals surface area contributed by atoms with Crippen LogP contribution in [0.2, 0.25) is 0 Å². The Balaban J connectivity index is 2.16. The summed E-state index contributed by atoms with van der Waals surface area (Å²) in [5.74, 6) is -1.11. The number of carbonyl (C=O) groups is 2. The summed E-state index contributed by atoms with van der Waals surface area (Å²) < 4.78 is 31.3. The molecule has 1 heterocycles. The number of benzene rings is 1. The lowest BCUT2D eigenvalue weighted by molar-refractivity contribution is -0.145. The maximum atomic E-state index is 12.9. The van der Waals surface area contributed by atoms with Crippen molar-refractivity contribution < 1.29 is 27.9 Å².